The number of nitrogens with one attached hydrogen (secondary N) is 1. The molecule has 0 spiro atoms. The van der Waals surface area contributed by atoms with Crippen LogP contribution in [0.1, 0.15) is 36.3 Å². The van der Waals surface area contributed by atoms with Gasteiger partial charge in [-0.2, -0.15) is 0 Å². The van der Waals surface area contributed by atoms with Gasteiger partial charge in [-0.1, -0.05) is 30.3 Å². The third kappa shape index (κ3) is 1.77. The van der Waals surface area contributed by atoms with Gasteiger partial charge in [-0.3, -0.25) is 9.89 Å². The molecule has 1 atom stereocenters. The molecule has 0 radical (unpaired) electrons. The first kappa shape index (κ1) is 12.2. The lowest BCUT2D eigenvalue weighted by atomic mass is 9.78. The number of allylic oxidation sites excluding steroid dienone is 2. The first-order valence-electron chi connectivity index (χ1n) is 7.08. The van der Waals surface area contributed by atoms with Crippen molar-refractivity contribution in [2.45, 2.75) is 25.2 Å². The molecule has 0 bridgehead atoms. The molecule has 1 unspecified atom stereocenters. The smallest absolute Gasteiger partial charge is 0.244 e. The van der Waals surface area contributed by atoms with E-state index in [2.05, 4.69) is 10.2 Å². The van der Waals surface area contributed by atoms with Gasteiger partial charge >= 0.3 is 0 Å². The normalized spacial score (nSPS) is 20.8. The number of carbonyl (C=O) groups is 1. The number of hydrogen-bond donors (Lipinski definition) is 2. The molecule has 4 rings (SSSR count). The summed E-state index contributed by atoms with van der Waals surface area (Å²) in [4.78, 5) is 12.4. The molecule has 106 valence electrons. The van der Waals surface area contributed by atoms with Crippen LogP contribution in [0.25, 0.3) is 0 Å². The molecule has 0 saturated carbocycles. The van der Waals surface area contributed by atoms with E-state index in [0.29, 0.717) is 18.1 Å². The second-order valence-electron chi connectivity index (χ2n) is 5.42. The van der Waals surface area contributed by atoms with Crippen molar-refractivity contribution in [3.8, 4) is 5.88 Å². The summed E-state index contributed by atoms with van der Waals surface area (Å²) in [5, 5.41) is 6.90. The lowest BCUT2D eigenvalue weighted by molar-refractivity contribution is -0.116. The van der Waals surface area contributed by atoms with E-state index in [1.807, 2.05) is 30.3 Å². The third-order valence-corrected chi connectivity index (χ3v) is 4.14. The van der Waals surface area contributed by atoms with Crippen LogP contribution in [0, 0.1) is 0 Å². The molecule has 2 aliphatic rings. The maximum atomic E-state index is 12.4. The lowest BCUT2D eigenvalue weighted by Crippen LogP contribution is -2.25. The number of aromatic amines is 1. The Hall–Kier alpha value is -2.56. The summed E-state index contributed by atoms with van der Waals surface area (Å²) in [5.74, 6) is 1.67. The zero-order valence-electron chi connectivity index (χ0n) is 11.4. The Morgan fingerprint density at radius 2 is 2.05 bits per heavy atom. The first-order chi connectivity index (χ1) is 10.3. The van der Waals surface area contributed by atoms with E-state index in [1.165, 1.54) is 0 Å². The molecule has 2 aromatic rings. The molecule has 21 heavy (non-hydrogen) atoms. The second-order valence-corrected chi connectivity index (χ2v) is 5.42. The van der Waals surface area contributed by atoms with Gasteiger partial charge in [0.1, 0.15) is 11.6 Å². The van der Waals surface area contributed by atoms with Gasteiger partial charge in [-0.05, 0) is 12.0 Å². The molecular formula is C16H15N3O2. The molecule has 1 aliphatic heterocycles. The number of Topliss-reactive ketones (excluding diaryl/α,β-unsaturated/α-hetero) is 1. The van der Waals surface area contributed by atoms with Gasteiger partial charge in [0.15, 0.2) is 5.78 Å². The molecule has 0 saturated heterocycles. The van der Waals surface area contributed by atoms with Crippen LogP contribution in [0.5, 0.6) is 5.88 Å². The fourth-order valence-electron chi connectivity index (χ4n) is 3.21. The largest absolute Gasteiger partial charge is 0.441 e. The van der Waals surface area contributed by atoms with E-state index in [0.717, 1.165) is 35.3 Å². The van der Waals surface area contributed by atoms with Crippen LogP contribution in [-0.2, 0) is 4.79 Å². The number of rotatable bonds is 1. The van der Waals surface area contributed by atoms with Crippen molar-refractivity contribution >= 4 is 11.6 Å². The number of ether oxygens (including phenoxy) is 1. The van der Waals surface area contributed by atoms with Gasteiger partial charge in [0, 0.05) is 24.3 Å². The molecule has 0 amide bonds. The number of nitrogen functional groups attached to an aromatic ring is 1. The predicted octanol–water partition coefficient (Wildman–Crippen LogP) is 2.52. The van der Waals surface area contributed by atoms with Gasteiger partial charge in [0.2, 0.25) is 5.88 Å². The Morgan fingerprint density at radius 1 is 1.24 bits per heavy atom. The molecular weight excluding hydrogens is 266 g/mol. The number of H-pyrrole nitrogens is 1. The fraction of sp³-hybridized carbons (Fsp3) is 0.250. The first-order valence-corrected chi connectivity index (χ1v) is 7.08. The van der Waals surface area contributed by atoms with Crippen molar-refractivity contribution in [3.05, 3.63) is 52.8 Å². The van der Waals surface area contributed by atoms with Crippen LogP contribution in [0.15, 0.2) is 41.7 Å². The van der Waals surface area contributed by atoms with Gasteiger partial charge in [-0.25, -0.2) is 0 Å². The highest BCUT2D eigenvalue weighted by Gasteiger charge is 2.39. The predicted molar refractivity (Wildman–Crippen MR) is 77.8 cm³/mol. The minimum atomic E-state index is -0.184. The molecule has 5 heteroatoms. The van der Waals surface area contributed by atoms with Crippen LogP contribution < -0.4 is 10.5 Å². The van der Waals surface area contributed by atoms with Crippen molar-refractivity contribution in [2.75, 3.05) is 5.73 Å². The third-order valence-electron chi connectivity index (χ3n) is 4.14. The Labute approximate surface area is 121 Å². The van der Waals surface area contributed by atoms with E-state index >= 15 is 0 Å². The zero-order chi connectivity index (χ0) is 14.4. The van der Waals surface area contributed by atoms with Crippen LogP contribution in [0.2, 0.25) is 0 Å². The molecule has 1 aromatic heterocycles. The van der Waals surface area contributed by atoms with E-state index < -0.39 is 0 Å². The molecule has 1 aliphatic carbocycles. The second kappa shape index (κ2) is 4.48. The van der Waals surface area contributed by atoms with Gasteiger partial charge in [0.25, 0.3) is 0 Å². The van der Waals surface area contributed by atoms with Gasteiger partial charge < -0.3 is 10.5 Å². The maximum absolute atomic E-state index is 12.4. The number of anilines is 1. The molecule has 1 aromatic carbocycles. The number of aromatic nitrogens is 2. The Balaban J connectivity index is 1.96. The average Bonchev–Trinajstić information content (AvgIpc) is 2.88. The SMILES string of the molecule is Nc1[nH]nc2c1C(c1ccccc1)C1=C(CCCC1=O)O2. The maximum Gasteiger partial charge on any atom is 0.244 e. The fourth-order valence-corrected chi connectivity index (χ4v) is 3.21. The van der Waals surface area contributed by atoms with E-state index in [4.69, 9.17) is 10.5 Å². The highest BCUT2D eigenvalue weighted by molar-refractivity contribution is 5.99. The number of fused-ring (bicyclic) bond motifs is 1. The van der Waals surface area contributed by atoms with E-state index in [1.54, 1.807) is 0 Å². The topological polar surface area (TPSA) is 81.0 Å². The van der Waals surface area contributed by atoms with E-state index in [9.17, 15) is 4.79 Å². The summed E-state index contributed by atoms with van der Waals surface area (Å²) in [7, 11) is 0. The number of carbonyl (C=O) groups excluding carboxylic acids is 1. The molecule has 0 fully saturated rings. The Kier molecular flexibility index (Phi) is 2.60. The molecule has 5 nitrogen and oxygen atoms in total. The minimum Gasteiger partial charge on any atom is -0.441 e. The van der Waals surface area contributed by atoms with Crippen molar-refractivity contribution in [3.63, 3.8) is 0 Å². The average molecular weight is 281 g/mol. The Bertz CT molecular complexity index is 746. The molecule has 2 heterocycles. The summed E-state index contributed by atoms with van der Waals surface area (Å²) < 4.78 is 5.82. The summed E-state index contributed by atoms with van der Waals surface area (Å²) >= 11 is 0. The highest BCUT2D eigenvalue weighted by Crippen LogP contribution is 2.47. The van der Waals surface area contributed by atoms with Crippen LogP contribution >= 0.6 is 0 Å². The monoisotopic (exact) mass is 281 g/mol. The minimum absolute atomic E-state index is 0.149. The van der Waals surface area contributed by atoms with Crippen molar-refractivity contribution in [2.24, 2.45) is 0 Å². The number of benzene rings is 1. The van der Waals surface area contributed by atoms with Gasteiger partial charge in [0.05, 0.1) is 5.56 Å². The van der Waals surface area contributed by atoms with E-state index in [-0.39, 0.29) is 11.7 Å². The number of hydrogen-bond acceptors (Lipinski definition) is 4. The Morgan fingerprint density at radius 3 is 2.86 bits per heavy atom. The quantitative estimate of drug-likeness (QED) is 0.841. The number of nitrogens with zero attached hydrogens (tertiary/aromatic N) is 1. The van der Waals surface area contributed by atoms with Crippen molar-refractivity contribution < 1.29 is 9.53 Å². The number of nitrogens with two attached hydrogens (primary N) is 1. The summed E-state index contributed by atoms with van der Waals surface area (Å²) in [6.07, 6.45) is 2.17. The standard InChI is InChI=1S/C16H15N3O2/c17-15-14-12(9-5-2-1-3-6-9)13-10(20)7-4-8-11(13)21-16(14)19-18-15/h1-3,5-6,12H,4,7-8H2,(H3,17,18,19). The summed E-state index contributed by atoms with van der Waals surface area (Å²) in [6, 6.07) is 9.92. The zero-order valence-corrected chi connectivity index (χ0v) is 11.4. The van der Waals surface area contributed by atoms with Crippen molar-refractivity contribution in [1.29, 1.82) is 0 Å². The lowest BCUT2D eigenvalue weighted by Gasteiger charge is -2.30. The van der Waals surface area contributed by atoms with Crippen molar-refractivity contribution in [1.82, 2.24) is 10.2 Å². The molecule has 3 N–H and O–H groups in total. The highest BCUT2D eigenvalue weighted by atomic mass is 16.5. The van der Waals surface area contributed by atoms with Gasteiger partial charge in [-0.15, -0.1) is 5.10 Å². The van der Waals surface area contributed by atoms with Crippen LogP contribution in [0.3, 0.4) is 0 Å². The number of ketones is 1. The van der Waals surface area contributed by atoms with Crippen LogP contribution in [-0.4, -0.2) is 16.0 Å². The van der Waals surface area contributed by atoms with Crippen LogP contribution in [0.4, 0.5) is 5.82 Å². The summed E-state index contributed by atoms with van der Waals surface area (Å²) in [5.41, 5.74) is 8.58. The summed E-state index contributed by atoms with van der Waals surface area (Å²) in [6.45, 7) is 0.